The molecule has 87 valence electrons. The molecule has 0 rings (SSSR count). The van der Waals surface area contributed by atoms with Gasteiger partial charge in [0.2, 0.25) is 5.78 Å². The van der Waals surface area contributed by atoms with Crippen LogP contribution in [-0.4, -0.2) is 30.3 Å². The SMILES string of the molecule is O=C(CF)C(F)(F)C(=O)C(F)(F)F.[Cu]. The summed E-state index contributed by atoms with van der Waals surface area (Å²) in [5.74, 6) is -11.6. The largest absolute Gasteiger partial charge is 0.456 e. The van der Waals surface area contributed by atoms with E-state index in [0.717, 1.165) is 0 Å². The van der Waals surface area contributed by atoms with Gasteiger partial charge in [0.25, 0.3) is 0 Å². The van der Waals surface area contributed by atoms with Crippen molar-refractivity contribution < 1.29 is 53.0 Å². The van der Waals surface area contributed by atoms with Crippen molar-refractivity contribution in [2.75, 3.05) is 6.67 Å². The first kappa shape index (κ1) is 15.9. The molecule has 0 fully saturated rings. The van der Waals surface area contributed by atoms with Crippen LogP contribution < -0.4 is 0 Å². The summed E-state index contributed by atoms with van der Waals surface area (Å²) in [6.07, 6.45) is -5.85. The maximum atomic E-state index is 12.0. The van der Waals surface area contributed by atoms with Gasteiger partial charge in [0.1, 0.15) is 0 Å². The van der Waals surface area contributed by atoms with Crippen molar-refractivity contribution in [1.82, 2.24) is 0 Å². The number of rotatable bonds is 3. The first-order valence-electron chi connectivity index (χ1n) is 2.72. The van der Waals surface area contributed by atoms with Gasteiger partial charge in [-0.05, 0) is 0 Å². The third-order valence-corrected chi connectivity index (χ3v) is 1.01. The van der Waals surface area contributed by atoms with Gasteiger partial charge in [-0.2, -0.15) is 22.0 Å². The number of hydrogen-bond donors (Lipinski definition) is 0. The van der Waals surface area contributed by atoms with Crippen LogP contribution in [0.3, 0.4) is 0 Å². The Morgan fingerprint density at radius 1 is 1.00 bits per heavy atom. The minimum atomic E-state index is -5.85. The van der Waals surface area contributed by atoms with Crippen LogP contribution in [0.5, 0.6) is 0 Å². The van der Waals surface area contributed by atoms with E-state index in [1.807, 2.05) is 0 Å². The summed E-state index contributed by atoms with van der Waals surface area (Å²) in [6.45, 7) is -2.32. The molecule has 0 saturated carbocycles. The summed E-state index contributed by atoms with van der Waals surface area (Å²) in [4.78, 5) is 19.7. The van der Waals surface area contributed by atoms with Crippen molar-refractivity contribution in [2.24, 2.45) is 0 Å². The van der Waals surface area contributed by atoms with E-state index < -0.39 is 30.3 Å². The van der Waals surface area contributed by atoms with Crippen molar-refractivity contribution in [3.8, 4) is 0 Å². The molecule has 0 bridgehead atoms. The first-order chi connectivity index (χ1) is 5.64. The molecule has 0 aliphatic carbocycles. The van der Waals surface area contributed by atoms with Crippen LogP contribution in [0.1, 0.15) is 0 Å². The van der Waals surface area contributed by atoms with Crippen molar-refractivity contribution in [1.29, 1.82) is 0 Å². The first-order valence-corrected chi connectivity index (χ1v) is 2.72. The molecule has 0 N–H and O–H groups in total. The second-order valence-electron chi connectivity index (χ2n) is 1.96. The fourth-order valence-corrected chi connectivity index (χ4v) is 0.389. The third-order valence-electron chi connectivity index (χ3n) is 1.01. The maximum absolute atomic E-state index is 12.0. The van der Waals surface area contributed by atoms with Crippen LogP contribution >= 0.6 is 0 Å². The monoisotopic (exact) mass is 271 g/mol. The van der Waals surface area contributed by atoms with E-state index in [1.54, 1.807) is 0 Å². The molecular weight excluding hydrogens is 270 g/mol. The quantitative estimate of drug-likeness (QED) is 0.440. The van der Waals surface area contributed by atoms with E-state index in [4.69, 9.17) is 0 Å². The second kappa shape index (κ2) is 4.79. The number of alkyl halides is 6. The van der Waals surface area contributed by atoms with Crippen LogP contribution in [0.25, 0.3) is 0 Å². The number of hydrogen-bond acceptors (Lipinski definition) is 2. The fourth-order valence-electron chi connectivity index (χ4n) is 0.389. The Hall–Kier alpha value is -0.561. The Labute approximate surface area is 84.1 Å². The van der Waals surface area contributed by atoms with Gasteiger partial charge in [-0.15, -0.1) is 0 Å². The molecule has 14 heavy (non-hydrogen) atoms. The Morgan fingerprint density at radius 2 is 1.36 bits per heavy atom. The van der Waals surface area contributed by atoms with Crippen LogP contribution in [-0.2, 0) is 26.7 Å². The summed E-state index contributed by atoms with van der Waals surface area (Å²) in [5.41, 5.74) is 0. The van der Waals surface area contributed by atoms with Crippen molar-refractivity contribution in [3.63, 3.8) is 0 Å². The molecule has 0 spiro atoms. The molecule has 0 unspecified atom stereocenters. The van der Waals surface area contributed by atoms with E-state index in [-0.39, 0.29) is 17.1 Å². The Bertz CT molecular complexity index is 235. The molecule has 1 radical (unpaired) electrons. The van der Waals surface area contributed by atoms with Crippen molar-refractivity contribution in [2.45, 2.75) is 12.1 Å². The van der Waals surface area contributed by atoms with Gasteiger partial charge in [0.05, 0.1) is 0 Å². The van der Waals surface area contributed by atoms with Gasteiger partial charge in [0.15, 0.2) is 6.67 Å². The summed E-state index contributed by atoms with van der Waals surface area (Å²) in [5, 5.41) is 0. The molecule has 0 amide bonds. The molecule has 0 aromatic carbocycles. The van der Waals surface area contributed by atoms with Crippen molar-refractivity contribution in [3.05, 3.63) is 0 Å². The van der Waals surface area contributed by atoms with Crippen molar-refractivity contribution >= 4 is 11.6 Å². The summed E-state index contributed by atoms with van der Waals surface area (Å²) in [6, 6.07) is 0. The zero-order chi connectivity index (χ0) is 10.9. The average molecular weight is 272 g/mol. The Morgan fingerprint density at radius 3 is 1.57 bits per heavy atom. The smallest absolute Gasteiger partial charge is 0.289 e. The summed E-state index contributed by atoms with van der Waals surface area (Å²) >= 11 is 0. The molecule has 0 atom stereocenters. The fraction of sp³-hybridized carbons (Fsp3) is 0.600. The maximum Gasteiger partial charge on any atom is 0.456 e. The Kier molecular flexibility index (Phi) is 5.43. The van der Waals surface area contributed by atoms with Gasteiger partial charge in [0, 0.05) is 17.1 Å². The zero-order valence-electron chi connectivity index (χ0n) is 6.09. The molecular formula is C5H2CuF6O2. The summed E-state index contributed by atoms with van der Waals surface area (Å²) < 4.78 is 69.4. The summed E-state index contributed by atoms with van der Waals surface area (Å²) in [7, 11) is 0. The predicted octanol–water partition coefficient (Wildman–Crippen LogP) is 1.29. The molecule has 0 saturated heterocycles. The van der Waals surface area contributed by atoms with Crippen LogP contribution in [0, 0.1) is 0 Å². The Balaban J connectivity index is 0. The van der Waals surface area contributed by atoms with E-state index in [1.165, 1.54) is 0 Å². The van der Waals surface area contributed by atoms with E-state index in [0.29, 0.717) is 0 Å². The number of carbonyl (C=O) groups excluding carboxylic acids is 2. The second-order valence-corrected chi connectivity index (χ2v) is 1.96. The number of carbonyl (C=O) groups is 2. The zero-order valence-corrected chi connectivity index (χ0v) is 7.03. The number of halogens is 6. The average Bonchev–Trinajstić information content (AvgIpc) is 1.99. The minimum Gasteiger partial charge on any atom is -0.289 e. The molecule has 9 heteroatoms. The van der Waals surface area contributed by atoms with Gasteiger partial charge < -0.3 is 0 Å². The molecule has 0 aromatic heterocycles. The molecule has 0 aromatic rings. The third kappa shape index (κ3) is 3.30. The number of ketones is 2. The van der Waals surface area contributed by atoms with E-state index in [2.05, 4.69) is 0 Å². The van der Waals surface area contributed by atoms with E-state index in [9.17, 15) is 35.9 Å². The predicted molar refractivity (Wildman–Crippen MR) is 27.0 cm³/mol. The minimum absolute atomic E-state index is 0. The van der Waals surface area contributed by atoms with Crippen LogP contribution in [0.15, 0.2) is 0 Å². The molecule has 0 aliphatic heterocycles. The van der Waals surface area contributed by atoms with Gasteiger partial charge in [-0.3, -0.25) is 9.59 Å². The topological polar surface area (TPSA) is 34.1 Å². The number of Topliss-reactive ketones (excluding diaryl/α,β-unsaturated/α-hetero) is 2. The van der Waals surface area contributed by atoms with Crippen LogP contribution in [0.2, 0.25) is 0 Å². The van der Waals surface area contributed by atoms with Gasteiger partial charge >= 0.3 is 17.9 Å². The van der Waals surface area contributed by atoms with Crippen LogP contribution in [0.4, 0.5) is 26.3 Å². The molecule has 0 aliphatic rings. The molecule has 0 heterocycles. The standard InChI is InChI=1S/C5H2F6O2.Cu/c6-1-2(12)4(7,8)3(13)5(9,10)11;/h1H2;. The molecule has 2 nitrogen and oxygen atoms in total. The van der Waals surface area contributed by atoms with Gasteiger partial charge in [-0.1, -0.05) is 0 Å². The van der Waals surface area contributed by atoms with Gasteiger partial charge in [-0.25, -0.2) is 4.39 Å². The normalized spacial score (nSPS) is 11.9. The van der Waals surface area contributed by atoms with E-state index >= 15 is 0 Å².